The van der Waals surface area contributed by atoms with Crippen molar-refractivity contribution in [1.82, 2.24) is 0 Å². The predicted molar refractivity (Wildman–Crippen MR) is 109 cm³/mol. The van der Waals surface area contributed by atoms with Gasteiger partial charge in [-0.05, 0) is 54.8 Å². The van der Waals surface area contributed by atoms with Crippen molar-refractivity contribution in [3.05, 3.63) is 82.3 Å². The molecule has 4 rings (SSSR count). The van der Waals surface area contributed by atoms with Gasteiger partial charge in [0.2, 0.25) is 0 Å². The fourth-order valence-corrected chi connectivity index (χ4v) is 4.47. The summed E-state index contributed by atoms with van der Waals surface area (Å²) in [5.74, 6) is -0.0239. The first-order valence-electron chi connectivity index (χ1n) is 9.11. The summed E-state index contributed by atoms with van der Waals surface area (Å²) in [5.41, 5.74) is 1.52. The second-order valence-electron chi connectivity index (χ2n) is 6.74. The summed E-state index contributed by atoms with van der Waals surface area (Å²) in [5, 5.41) is 10.9. The first kappa shape index (κ1) is 19.6. The number of rotatable bonds is 5. The number of carbonyl (C=O) groups excluding carboxylic acids is 1. The Labute approximate surface area is 172 Å². The summed E-state index contributed by atoms with van der Waals surface area (Å²) >= 11 is 0. The molecule has 1 aromatic heterocycles. The number of carbonyl (C=O) groups is 1. The third-order valence-electron chi connectivity index (χ3n) is 4.77. The number of sulfonamides is 1. The van der Waals surface area contributed by atoms with E-state index in [1.165, 1.54) is 24.5 Å². The number of fused-ring (bicyclic) bond motifs is 1. The number of nitro groups is 1. The summed E-state index contributed by atoms with van der Waals surface area (Å²) in [7, 11) is -4.01. The minimum atomic E-state index is -4.01. The molecule has 0 spiro atoms. The Bertz CT molecular complexity index is 1220. The quantitative estimate of drug-likeness (QED) is 0.490. The average Bonchev–Trinajstić information content (AvgIpc) is 3.27. The molecule has 1 aliphatic rings. The number of nitrogens with zero attached hydrogens (tertiary/aromatic N) is 2. The molecule has 0 saturated heterocycles. The first-order chi connectivity index (χ1) is 14.3. The lowest BCUT2D eigenvalue weighted by molar-refractivity contribution is -0.385. The van der Waals surface area contributed by atoms with Crippen molar-refractivity contribution in [2.45, 2.75) is 17.7 Å². The third kappa shape index (κ3) is 3.77. The van der Waals surface area contributed by atoms with Crippen molar-refractivity contribution in [2.24, 2.45) is 0 Å². The van der Waals surface area contributed by atoms with E-state index >= 15 is 0 Å². The lowest BCUT2D eigenvalue weighted by Gasteiger charge is -2.29. The van der Waals surface area contributed by atoms with Crippen LogP contribution in [0.15, 0.2) is 70.2 Å². The zero-order chi connectivity index (χ0) is 21.3. The van der Waals surface area contributed by atoms with Gasteiger partial charge in [-0.1, -0.05) is 6.07 Å². The Kier molecular flexibility index (Phi) is 5.00. The molecule has 1 N–H and O–H groups in total. The monoisotopic (exact) mass is 427 g/mol. The topological polar surface area (TPSA) is 123 Å². The number of aryl methyl sites for hydroxylation is 1. The van der Waals surface area contributed by atoms with Crippen molar-refractivity contribution in [3.63, 3.8) is 0 Å². The second-order valence-corrected chi connectivity index (χ2v) is 8.42. The van der Waals surface area contributed by atoms with Crippen LogP contribution in [-0.2, 0) is 16.4 Å². The SMILES string of the molecule is O=C(c1ccco1)N1CCCc2cc(NS(=O)(=O)c3cccc([N+](=O)[O-])c3)ccc21. The van der Waals surface area contributed by atoms with Gasteiger partial charge in [0.25, 0.3) is 21.6 Å². The van der Waals surface area contributed by atoms with Crippen LogP contribution < -0.4 is 9.62 Å². The van der Waals surface area contributed by atoms with Gasteiger partial charge in [0, 0.05) is 30.1 Å². The zero-order valence-electron chi connectivity index (χ0n) is 15.6. The number of furan rings is 1. The molecule has 0 unspecified atom stereocenters. The summed E-state index contributed by atoms with van der Waals surface area (Å²) in [6.45, 7) is 0.533. The predicted octanol–water partition coefficient (Wildman–Crippen LogP) is 3.58. The van der Waals surface area contributed by atoms with E-state index in [4.69, 9.17) is 4.42 Å². The number of hydrogen-bond acceptors (Lipinski definition) is 6. The Morgan fingerprint density at radius 1 is 1.13 bits per heavy atom. The van der Waals surface area contributed by atoms with Crippen LogP contribution >= 0.6 is 0 Å². The number of amides is 1. The highest BCUT2D eigenvalue weighted by Gasteiger charge is 2.26. The molecule has 10 heteroatoms. The summed E-state index contributed by atoms with van der Waals surface area (Å²) in [4.78, 5) is 24.3. The molecule has 0 aliphatic carbocycles. The lowest BCUT2D eigenvalue weighted by atomic mass is 10.0. The molecule has 2 aromatic carbocycles. The Morgan fingerprint density at radius 3 is 2.70 bits per heavy atom. The fourth-order valence-electron chi connectivity index (χ4n) is 3.38. The van der Waals surface area contributed by atoms with Crippen molar-refractivity contribution in [2.75, 3.05) is 16.2 Å². The number of hydrogen-bond donors (Lipinski definition) is 1. The molecule has 154 valence electrons. The Balaban J connectivity index is 1.61. The van der Waals surface area contributed by atoms with Crippen LogP contribution in [0.3, 0.4) is 0 Å². The van der Waals surface area contributed by atoms with Gasteiger partial charge in [0.05, 0.1) is 16.1 Å². The molecule has 9 nitrogen and oxygen atoms in total. The molecule has 0 saturated carbocycles. The maximum Gasteiger partial charge on any atom is 0.293 e. The minimum Gasteiger partial charge on any atom is -0.459 e. The van der Waals surface area contributed by atoms with E-state index in [9.17, 15) is 23.3 Å². The maximum atomic E-state index is 12.7. The number of anilines is 2. The van der Waals surface area contributed by atoms with Crippen molar-refractivity contribution >= 4 is 33.0 Å². The Morgan fingerprint density at radius 2 is 1.97 bits per heavy atom. The van der Waals surface area contributed by atoms with E-state index in [1.54, 1.807) is 35.2 Å². The first-order valence-corrected chi connectivity index (χ1v) is 10.6. The largest absolute Gasteiger partial charge is 0.459 e. The van der Waals surface area contributed by atoms with Crippen molar-refractivity contribution in [1.29, 1.82) is 0 Å². The van der Waals surface area contributed by atoms with Crippen LogP contribution in [0.2, 0.25) is 0 Å². The van der Waals surface area contributed by atoms with Gasteiger partial charge in [0.1, 0.15) is 0 Å². The van der Waals surface area contributed by atoms with Gasteiger partial charge < -0.3 is 9.32 Å². The summed E-state index contributed by atoms with van der Waals surface area (Å²) in [6.07, 6.45) is 2.84. The van der Waals surface area contributed by atoms with E-state index in [1.807, 2.05) is 0 Å². The average molecular weight is 427 g/mol. The van der Waals surface area contributed by atoms with E-state index < -0.39 is 14.9 Å². The fraction of sp³-hybridized carbons (Fsp3) is 0.150. The van der Waals surface area contributed by atoms with Gasteiger partial charge >= 0.3 is 0 Å². The highest BCUT2D eigenvalue weighted by Crippen LogP contribution is 2.32. The minimum absolute atomic E-state index is 0.205. The van der Waals surface area contributed by atoms with Crippen molar-refractivity contribution in [3.8, 4) is 0 Å². The highest BCUT2D eigenvalue weighted by molar-refractivity contribution is 7.92. The molecule has 0 radical (unpaired) electrons. The number of benzene rings is 2. The van der Waals surface area contributed by atoms with Gasteiger partial charge in [-0.3, -0.25) is 19.6 Å². The van der Waals surface area contributed by atoms with Crippen LogP contribution in [0.4, 0.5) is 17.1 Å². The van der Waals surface area contributed by atoms with Crippen LogP contribution in [-0.4, -0.2) is 25.8 Å². The molecule has 1 aliphatic heterocycles. The van der Waals surface area contributed by atoms with Crippen molar-refractivity contribution < 1.29 is 22.6 Å². The summed E-state index contributed by atoms with van der Waals surface area (Å²) < 4.78 is 33.0. The third-order valence-corrected chi connectivity index (χ3v) is 6.15. The molecular weight excluding hydrogens is 410 g/mol. The van der Waals surface area contributed by atoms with Gasteiger partial charge in [-0.15, -0.1) is 0 Å². The standard InChI is InChI=1S/C20H17N3O6S/c24-20(19-7-3-11-29-19)22-10-2-4-14-12-15(8-9-18(14)22)21-30(27,28)17-6-1-5-16(13-17)23(25)26/h1,3,5-9,11-13,21H,2,4,10H2. The zero-order valence-corrected chi connectivity index (χ0v) is 16.5. The smallest absolute Gasteiger partial charge is 0.293 e. The van der Waals surface area contributed by atoms with Crippen LogP contribution in [0, 0.1) is 10.1 Å². The van der Waals surface area contributed by atoms with Crippen LogP contribution in [0.1, 0.15) is 22.5 Å². The molecular formula is C20H17N3O6S. The summed E-state index contributed by atoms with van der Waals surface area (Å²) in [6, 6.07) is 13.0. The van der Waals surface area contributed by atoms with E-state index in [2.05, 4.69) is 4.72 Å². The molecule has 0 bridgehead atoms. The molecule has 0 atom stereocenters. The van der Waals surface area contributed by atoms with E-state index in [0.717, 1.165) is 18.1 Å². The number of non-ortho nitro benzene ring substituents is 1. The van der Waals surface area contributed by atoms with Gasteiger partial charge in [0.15, 0.2) is 5.76 Å². The molecule has 30 heavy (non-hydrogen) atoms. The van der Waals surface area contributed by atoms with Crippen LogP contribution in [0.5, 0.6) is 0 Å². The molecule has 2 heterocycles. The highest BCUT2D eigenvalue weighted by atomic mass is 32.2. The maximum absolute atomic E-state index is 12.7. The molecule has 0 fully saturated rings. The van der Waals surface area contributed by atoms with Gasteiger partial charge in [-0.25, -0.2) is 8.42 Å². The normalized spacial score (nSPS) is 13.5. The number of nitrogens with one attached hydrogen (secondary N) is 1. The molecule has 3 aromatic rings. The number of nitro benzene ring substituents is 1. The Hall–Kier alpha value is -3.66. The van der Waals surface area contributed by atoms with E-state index in [0.29, 0.717) is 24.3 Å². The molecule has 1 amide bonds. The van der Waals surface area contributed by atoms with E-state index in [-0.39, 0.29) is 22.3 Å². The lowest BCUT2D eigenvalue weighted by Crippen LogP contribution is -2.35. The van der Waals surface area contributed by atoms with Crippen LogP contribution in [0.25, 0.3) is 0 Å². The van der Waals surface area contributed by atoms with Gasteiger partial charge in [-0.2, -0.15) is 0 Å². The second kappa shape index (κ2) is 7.64.